The van der Waals surface area contributed by atoms with Gasteiger partial charge in [-0.15, -0.1) is 0 Å². The van der Waals surface area contributed by atoms with Crippen LogP contribution in [0.25, 0.3) is 11.1 Å². The van der Waals surface area contributed by atoms with Crippen molar-refractivity contribution in [2.45, 2.75) is 18.3 Å². The lowest BCUT2D eigenvalue weighted by Gasteiger charge is -2.16. The number of fused-ring (bicyclic) bond motifs is 1. The van der Waals surface area contributed by atoms with E-state index in [1.165, 1.54) is 0 Å². The number of aromatic nitrogens is 1. The predicted octanol–water partition coefficient (Wildman–Crippen LogP) is 4.16. The summed E-state index contributed by atoms with van der Waals surface area (Å²) in [4.78, 5) is 17.5. The average Bonchev–Trinajstić information content (AvgIpc) is 3.50. The van der Waals surface area contributed by atoms with Gasteiger partial charge in [0.1, 0.15) is 17.3 Å². The number of carbonyl (C=O) groups excluding carboxylic acids is 1. The zero-order valence-electron chi connectivity index (χ0n) is 17.3. The van der Waals surface area contributed by atoms with Crippen LogP contribution >= 0.6 is 0 Å². The Morgan fingerprint density at radius 2 is 1.74 bits per heavy atom. The molecule has 7 heteroatoms. The molecule has 0 spiro atoms. The van der Waals surface area contributed by atoms with Gasteiger partial charge in [0.25, 0.3) is 0 Å². The summed E-state index contributed by atoms with van der Waals surface area (Å²) in [5.41, 5.74) is 2.04. The molecular formula is C24H22N2O5. The minimum absolute atomic E-state index is 0.0681. The first kappa shape index (κ1) is 19.2. The van der Waals surface area contributed by atoms with E-state index in [0.717, 1.165) is 29.5 Å². The van der Waals surface area contributed by atoms with Gasteiger partial charge in [0.15, 0.2) is 11.5 Å². The summed E-state index contributed by atoms with van der Waals surface area (Å²) in [6, 6.07) is 15.0. The highest BCUT2D eigenvalue weighted by molar-refractivity contribution is 6.01. The third-order valence-electron chi connectivity index (χ3n) is 5.83. The van der Waals surface area contributed by atoms with E-state index in [9.17, 15) is 4.79 Å². The highest BCUT2D eigenvalue weighted by atomic mass is 16.7. The van der Waals surface area contributed by atoms with Crippen molar-refractivity contribution in [3.8, 4) is 34.1 Å². The number of methoxy groups -OCH3 is 2. The molecule has 0 unspecified atom stereocenters. The van der Waals surface area contributed by atoms with Crippen LogP contribution in [0.2, 0.25) is 0 Å². The molecule has 1 aromatic heterocycles. The Balaban J connectivity index is 1.37. The van der Waals surface area contributed by atoms with Crippen molar-refractivity contribution in [3.63, 3.8) is 0 Å². The molecule has 3 aromatic rings. The molecule has 0 bridgehead atoms. The van der Waals surface area contributed by atoms with Crippen LogP contribution in [0.1, 0.15) is 18.4 Å². The topological polar surface area (TPSA) is 78.9 Å². The number of nitrogens with zero attached hydrogens (tertiary/aromatic N) is 1. The van der Waals surface area contributed by atoms with Gasteiger partial charge in [-0.25, -0.2) is 4.98 Å². The Kier molecular flexibility index (Phi) is 4.66. The van der Waals surface area contributed by atoms with Crippen LogP contribution in [0.3, 0.4) is 0 Å². The van der Waals surface area contributed by atoms with Crippen molar-refractivity contribution < 1.29 is 23.7 Å². The predicted molar refractivity (Wildman–Crippen MR) is 115 cm³/mol. The molecule has 2 aliphatic rings. The molecule has 1 fully saturated rings. The van der Waals surface area contributed by atoms with Crippen molar-refractivity contribution in [2.24, 2.45) is 0 Å². The Morgan fingerprint density at radius 1 is 1.00 bits per heavy atom. The molecule has 1 aliphatic carbocycles. The minimum atomic E-state index is -0.548. The monoisotopic (exact) mass is 418 g/mol. The Bertz CT molecular complexity index is 1120. The van der Waals surface area contributed by atoms with Gasteiger partial charge in [0.2, 0.25) is 12.7 Å². The molecule has 0 atom stereocenters. The zero-order valence-corrected chi connectivity index (χ0v) is 17.3. The van der Waals surface area contributed by atoms with Gasteiger partial charge in [0, 0.05) is 11.8 Å². The van der Waals surface area contributed by atoms with E-state index < -0.39 is 5.41 Å². The summed E-state index contributed by atoms with van der Waals surface area (Å²) in [6.45, 7) is 0.214. The third-order valence-corrected chi connectivity index (χ3v) is 5.83. The molecule has 5 rings (SSSR count). The van der Waals surface area contributed by atoms with Gasteiger partial charge in [-0.2, -0.15) is 0 Å². The zero-order chi connectivity index (χ0) is 21.4. The number of anilines is 1. The summed E-state index contributed by atoms with van der Waals surface area (Å²) >= 11 is 0. The molecular weight excluding hydrogens is 396 g/mol. The number of amides is 1. The van der Waals surface area contributed by atoms with Gasteiger partial charge in [-0.3, -0.25) is 4.79 Å². The third kappa shape index (κ3) is 3.32. The summed E-state index contributed by atoms with van der Waals surface area (Å²) in [6.07, 6.45) is 3.28. The number of nitrogens with one attached hydrogen (secondary N) is 1. The number of carbonyl (C=O) groups is 1. The number of ether oxygens (including phenoxy) is 4. The molecule has 1 amide bonds. The normalized spacial score (nSPS) is 15.3. The van der Waals surface area contributed by atoms with E-state index in [0.29, 0.717) is 28.8 Å². The summed E-state index contributed by atoms with van der Waals surface area (Å²) < 4.78 is 21.8. The Hall–Kier alpha value is -3.74. The molecule has 1 N–H and O–H groups in total. The van der Waals surface area contributed by atoms with E-state index in [1.807, 2.05) is 42.5 Å². The second-order valence-electron chi connectivity index (χ2n) is 7.57. The average molecular weight is 418 g/mol. The molecule has 7 nitrogen and oxygen atoms in total. The maximum atomic E-state index is 13.1. The van der Waals surface area contributed by atoms with E-state index in [4.69, 9.17) is 18.9 Å². The Morgan fingerprint density at radius 3 is 2.39 bits per heavy atom. The van der Waals surface area contributed by atoms with Gasteiger partial charge in [-0.05, 0) is 54.8 Å². The fourth-order valence-electron chi connectivity index (χ4n) is 3.95. The molecule has 2 heterocycles. The fourth-order valence-corrected chi connectivity index (χ4v) is 3.95. The molecule has 0 saturated heterocycles. The van der Waals surface area contributed by atoms with Crippen LogP contribution in [-0.2, 0) is 10.2 Å². The van der Waals surface area contributed by atoms with Crippen molar-refractivity contribution in [1.29, 1.82) is 0 Å². The molecule has 1 saturated carbocycles. The number of hydrogen-bond acceptors (Lipinski definition) is 6. The van der Waals surface area contributed by atoms with Crippen LogP contribution in [0, 0.1) is 0 Å². The number of rotatable bonds is 6. The lowest BCUT2D eigenvalue weighted by molar-refractivity contribution is -0.118. The van der Waals surface area contributed by atoms with Crippen molar-refractivity contribution >= 4 is 11.7 Å². The SMILES string of the molecule is COc1cccc(OC)c1-c1ccc(NC(=O)C2(c3ccc4c(c3)OCO4)CC2)nc1. The minimum Gasteiger partial charge on any atom is -0.496 e. The summed E-state index contributed by atoms with van der Waals surface area (Å²) in [5, 5.41) is 2.96. The highest BCUT2D eigenvalue weighted by Gasteiger charge is 2.51. The van der Waals surface area contributed by atoms with E-state index in [-0.39, 0.29) is 12.7 Å². The first-order valence-electron chi connectivity index (χ1n) is 10.0. The lowest BCUT2D eigenvalue weighted by atomic mass is 9.94. The van der Waals surface area contributed by atoms with Crippen molar-refractivity contribution in [1.82, 2.24) is 4.98 Å². The van der Waals surface area contributed by atoms with E-state index >= 15 is 0 Å². The van der Waals surface area contributed by atoms with Crippen molar-refractivity contribution in [3.05, 3.63) is 60.3 Å². The fraction of sp³-hybridized carbons (Fsp3) is 0.250. The van der Waals surface area contributed by atoms with Crippen LogP contribution in [0.4, 0.5) is 5.82 Å². The Labute approximate surface area is 179 Å². The van der Waals surface area contributed by atoms with Crippen LogP contribution in [0.5, 0.6) is 23.0 Å². The largest absolute Gasteiger partial charge is 0.496 e. The summed E-state index contributed by atoms with van der Waals surface area (Å²) in [7, 11) is 3.23. The maximum Gasteiger partial charge on any atom is 0.236 e. The smallest absolute Gasteiger partial charge is 0.236 e. The van der Waals surface area contributed by atoms with Gasteiger partial charge in [-0.1, -0.05) is 12.1 Å². The van der Waals surface area contributed by atoms with Crippen LogP contribution < -0.4 is 24.3 Å². The van der Waals surface area contributed by atoms with E-state index in [1.54, 1.807) is 26.5 Å². The number of pyridine rings is 1. The van der Waals surface area contributed by atoms with Crippen LogP contribution in [-0.4, -0.2) is 31.9 Å². The van der Waals surface area contributed by atoms with Gasteiger partial charge < -0.3 is 24.3 Å². The van der Waals surface area contributed by atoms with Gasteiger partial charge >= 0.3 is 0 Å². The van der Waals surface area contributed by atoms with E-state index in [2.05, 4.69) is 10.3 Å². The van der Waals surface area contributed by atoms with Crippen molar-refractivity contribution in [2.75, 3.05) is 26.3 Å². The van der Waals surface area contributed by atoms with Crippen LogP contribution in [0.15, 0.2) is 54.7 Å². The highest BCUT2D eigenvalue weighted by Crippen LogP contribution is 2.51. The summed E-state index contributed by atoms with van der Waals surface area (Å²) in [5.74, 6) is 3.21. The number of hydrogen-bond donors (Lipinski definition) is 1. The van der Waals surface area contributed by atoms with Gasteiger partial charge in [0.05, 0.1) is 25.2 Å². The first-order chi connectivity index (χ1) is 15.1. The standard InChI is InChI=1S/C24H22N2O5/c1-28-18-4-3-5-19(29-2)22(18)15-6-9-21(25-13-15)26-23(27)24(10-11-24)16-7-8-17-20(12-16)31-14-30-17/h3-9,12-13H,10-11,14H2,1-2H3,(H,25,26,27). The quantitative estimate of drug-likeness (QED) is 0.648. The second kappa shape index (κ2) is 7.50. The molecule has 2 aromatic carbocycles. The molecule has 158 valence electrons. The molecule has 31 heavy (non-hydrogen) atoms. The first-order valence-corrected chi connectivity index (χ1v) is 10.0. The number of benzene rings is 2. The molecule has 1 aliphatic heterocycles. The molecule has 0 radical (unpaired) electrons. The second-order valence-corrected chi connectivity index (χ2v) is 7.57. The maximum absolute atomic E-state index is 13.1. The lowest BCUT2D eigenvalue weighted by Crippen LogP contribution is -2.28.